The molecule has 1 aliphatic rings. The Kier molecular flexibility index (Phi) is 5.66. The number of carbonyl (C=O) groups excluding carboxylic acids is 1. The van der Waals surface area contributed by atoms with Gasteiger partial charge < -0.3 is 9.47 Å². The molecule has 0 heterocycles. The van der Waals surface area contributed by atoms with Gasteiger partial charge in [-0.2, -0.15) is 26.3 Å². The molecule has 0 aliphatic heterocycles. The molecule has 2 unspecified atom stereocenters. The van der Waals surface area contributed by atoms with Gasteiger partial charge in [-0.05, 0) is 29.8 Å². The summed E-state index contributed by atoms with van der Waals surface area (Å²) in [6.07, 6.45) is -11.2. The Morgan fingerprint density at radius 3 is 1.93 bits per heavy atom. The smallest absolute Gasteiger partial charge is 0.410 e. The Balaban J connectivity index is 1.72. The van der Waals surface area contributed by atoms with Crippen LogP contribution in [0, 0.1) is 5.92 Å². The van der Waals surface area contributed by atoms with Crippen molar-refractivity contribution in [3.05, 3.63) is 60.2 Å². The Labute approximate surface area is 176 Å². The van der Waals surface area contributed by atoms with E-state index < -0.39 is 40.6 Å². The molecule has 0 saturated heterocycles. The molecular weight excluding hydrogens is 461 g/mol. The van der Waals surface area contributed by atoms with E-state index >= 15 is 0 Å². The fraction of sp³-hybridized carbons (Fsp3) is 0.316. The van der Waals surface area contributed by atoms with Crippen molar-refractivity contribution in [3.8, 4) is 11.5 Å². The van der Waals surface area contributed by atoms with Crippen LogP contribution >= 0.6 is 23.2 Å². The van der Waals surface area contributed by atoms with Crippen molar-refractivity contribution in [2.75, 3.05) is 0 Å². The second-order valence-corrected chi connectivity index (χ2v) is 7.71. The molecule has 2 atom stereocenters. The molecule has 2 aromatic rings. The first-order chi connectivity index (χ1) is 13.8. The third-order valence-electron chi connectivity index (χ3n) is 4.56. The summed E-state index contributed by atoms with van der Waals surface area (Å²) in [5, 5.41) is 0. The van der Waals surface area contributed by atoms with E-state index in [-0.39, 0.29) is 5.56 Å². The minimum atomic E-state index is -5.58. The minimum Gasteiger partial charge on any atom is -0.460 e. The van der Waals surface area contributed by atoms with E-state index in [1.165, 1.54) is 18.2 Å². The van der Waals surface area contributed by atoms with Gasteiger partial charge in [-0.15, -0.1) is 23.2 Å². The molecule has 3 rings (SSSR count). The van der Waals surface area contributed by atoms with Gasteiger partial charge in [0.1, 0.15) is 24.0 Å². The predicted octanol–water partition coefficient (Wildman–Crippen LogP) is 6.23. The highest BCUT2D eigenvalue weighted by Crippen LogP contribution is 2.75. The number of esters is 1. The molecule has 30 heavy (non-hydrogen) atoms. The Morgan fingerprint density at radius 2 is 1.40 bits per heavy atom. The van der Waals surface area contributed by atoms with Crippen LogP contribution in [0.15, 0.2) is 54.6 Å². The minimum absolute atomic E-state index is 0.275. The van der Waals surface area contributed by atoms with Crippen LogP contribution in [0.2, 0.25) is 0 Å². The lowest BCUT2D eigenvalue weighted by atomic mass is 10.2. The number of benzene rings is 2. The number of halogens is 8. The first-order valence-electron chi connectivity index (χ1n) is 8.32. The first kappa shape index (κ1) is 22.6. The van der Waals surface area contributed by atoms with Gasteiger partial charge in [0.15, 0.2) is 9.75 Å². The van der Waals surface area contributed by atoms with Gasteiger partial charge >= 0.3 is 18.3 Å². The van der Waals surface area contributed by atoms with Crippen molar-refractivity contribution in [3.63, 3.8) is 0 Å². The number of ether oxygens (including phenoxy) is 2. The molecule has 0 radical (unpaired) electrons. The van der Waals surface area contributed by atoms with Gasteiger partial charge in [-0.1, -0.05) is 30.3 Å². The van der Waals surface area contributed by atoms with Crippen molar-refractivity contribution in [1.82, 2.24) is 0 Å². The highest BCUT2D eigenvalue weighted by atomic mass is 35.5. The molecule has 3 nitrogen and oxygen atoms in total. The molecule has 0 bridgehead atoms. The van der Waals surface area contributed by atoms with E-state index in [0.29, 0.717) is 11.5 Å². The lowest BCUT2D eigenvalue weighted by molar-refractivity contribution is -0.176. The van der Waals surface area contributed by atoms with Crippen LogP contribution in [0.4, 0.5) is 26.3 Å². The van der Waals surface area contributed by atoms with Gasteiger partial charge in [0.05, 0.1) is 0 Å². The Hall–Kier alpha value is -2.13. The van der Waals surface area contributed by atoms with E-state index in [4.69, 9.17) is 27.9 Å². The second-order valence-electron chi connectivity index (χ2n) is 6.52. The molecule has 0 spiro atoms. The molecule has 1 fully saturated rings. The molecule has 11 heteroatoms. The van der Waals surface area contributed by atoms with Gasteiger partial charge in [0.2, 0.25) is 0 Å². The summed E-state index contributed by atoms with van der Waals surface area (Å²) in [6, 6.07) is 14.5. The standard InChI is InChI=1S/C19H12Cl2F6O3/c20-16(18(22,23)24)14(17(16,21)19(25,26)27)15(28)29-10-11-5-4-8-13(9-11)30-12-6-2-1-3-7-12/h1-9,14H,10H2. The summed E-state index contributed by atoms with van der Waals surface area (Å²) >= 11 is 10.3. The summed E-state index contributed by atoms with van der Waals surface area (Å²) in [5.41, 5.74) is 0.275. The second kappa shape index (κ2) is 7.53. The number of carbonyl (C=O) groups is 1. The molecule has 0 N–H and O–H groups in total. The third kappa shape index (κ3) is 3.69. The van der Waals surface area contributed by atoms with Crippen LogP contribution in [0.3, 0.4) is 0 Å². The van der Waals surface area contributed by atoms with E-state index in [1.54, 1.807) is 36.4 Å². The molecule has 0 amide bonds. The normalized spacial score (nSPS) is 26.2. The number of hydrogen-bond donors (Lipinski definition) is 0. The highest BCUT2D eigenvalue weighted by Gasteiger charge is 2.98. The first-order valence-corrected chi connectivity index (χ1v) is 9.07. The van der Waals surface area contributed by atoms with Crippen LogP contribution in [0.5, 0.6) is 11.5 Å². The summed E-state index contributed by atoms with van der Waals surface area (Å²) in [7, 11) is 0. The zero-order chi connectivity index (χ0) is 22.4. The maximum atomic E-state index is 13.1. The van der Waals surface area contributed by atoms with E-state index in [9.17, 15) is 31.1 Å². The Morgan fingerprint density at radius 1 is 0.867 bits per heavy atom. The lowest BCUT2D eigenvalue weighted by Crippen LogP contribution is -2.40. The summed E-state index contributed by atoms with van der Waals surface area (Å²) in [4.78, 5) is 4.05. The van der Waals surface area contributed by atoms with E-state index in [1.807, 2.05) is 0 Å². The lowest BCUT2D eigenvalue weighted by Gasteiger charge is -2.19. The Bertz CT molecular complexity index is 908. The van der Waals surface area contributed by atoms with Gasteiger partial charge in [0.25, 0.3) is 0 Å². The summed E-state index contributed by atoms with van der Waals surface area (Å²) < 4.78 is 89.1. The quantitative estimate of drug-likeness (QED) is 0.294. The average molecular weight is 473 g/mol. The molecule has 2 aromatic carbocycles. The fourth-order valence-electron chi connectivity index (χ4n) is 3.03. The van der Waals surface area contributed by atoms with Gasteiger partial charge in [-0.3, -0.25) is 4.79 Å². The van der Waals surface area contributed by atoms with Crippen molar-refractivity contribution < 1.29 is 40.6 Å². The topological polar surface area (TPSA) is 35.5 Å². The zero-order valence-electron chi connectivity index (χ0n) is 14.7. The monoisotopic (exact) mass is 472 g/mol. The number of alkyl halides is 8. The molecule has 1 saturated carbocycles. The summed E-state index contributed by atoms with van der Waals surface area (Å²) in [5.74, 6) is -3.81. The summed E-state index contributed by atoms with van der Waals surface area (Å²) in [6.45, 7) is -0.600. The van der Waals surface area contributed by atoms with Crippen LogP contribution in [-0.4, -0.2) is 28.1 Å². The predicted molar refractivity (Wildman–Crippen MR) is 95.5 cm³/mol. The number of rotatable bonds is 5. The van der Waals surface area contributed by atoms with Crippen molar-refractivity contribution in [2.24, 2.45) is 5.92 Å². The van der Waals surface area contributed by atoms with Crippen molar-refractivity contribution in [2.45, 2.75) is 28.7 Å². The largest absolute Gasteiger partial charge is 0.460 e. The number of hydrogen-bond acceptors (Lipinski definition) is 3. The molecular formula is C19H12Cl2F6O3. The van der Waals surface area contributed by atoms with Crippen molar-refractivity contribution >= 4 is 29.2 Å². The van der Waals surface area contributed by atoms with Crippen LogP contribution < -0.4 is 4.74 Å². The van der Waals surface area contributed by atoms with Crippen molar-refractivity contribution in [1.29, 1.82) is 0 Å². The van der Waals surface area contributed by atoms with E-state index in [2.05, 4.69) is 4.74 Å². The van der Waals surface area contributed by atoms with Crippen LogP contribution in [-0.2, 0) is 16.1 Å². The van der Waals surface area contributed by atoms with E-state index in [0.717, 1.165) is 0 Å². The van der Waals surface area contributed by atoms with Gasteiger partial charge in [-0.25, -0.2) is 0 Å². The molecule has 162 valence electrons. The molecule has 1 aliphatic carbocycles. The molecule has 0 aromatic heterocycles. The number of para-hydroxylation sites is 1. The zero-order valence-corrected chi connectivity index (χ0v) is 16.2. The maximum absolute atomic E-state index is 13.1. The van der Waals surface area contributed by atoms with Crippen LogP contribution in [0.25, 0.3) is 0 Å². The maximum Gasteiger partial charge on any atom is 0.410 e. The van der Waals surface area contributed by atoms with Crippen LogP contribution in [0.1, 0.15) is 5.56 Å². The SMILES string of the molecule is O=C(OCc1cccc(Oc2ccccc2)c1)C1C(Cl)(C(F)(F)F)C1(Cl)C(F)(F)F. The third-order valence-corrected chi connectivity index (χ3v) is 6.12. The fourth-order valence-corrected chi connectivity index (χ4v) is 3.92. The van der Waals surface area contributed by atoms with Gasteiger partial charge in [0, 0.05) is 0 Å². The average Bonchev–Trinajstić information content (AvgIpc) is 3.20. The highest BCUT2D eigenvalue weighted by molar-refractivity contribution is 6.43.